The maximum Gasteiger partial charge on any atom is 0.341 e. The van der Waals surface area contributed by atoms with E-state index in [0.29, 0.717) is 22.1 Å². The summed E-state index contributed by atoms with van der Waals surface area (Å²) in [7, 11) is 1.20. The number of methoxy groups -OCH3 is 1. The number of thiophene rings is 1. The van der Waals surface area contributed by atoms with Gasteiger partial charge in [0.15, 0.2) is 5.76 Å². The van der Waals surface area contributed by atoms with Crippen LogP contribution in [0, 0.1) is 13.8 Å². The SMILES string of the molecule is COC(=O)c1c(NC(=O)c2ccc(COc3c(C)cccc3Cl)o2)sc(C(N)=O)c1C. The number of amides is 2. The van der Waals surface area contributed by atoms with Crippen molar-refractivity contribution in [3.05, 3.63) is 68.4 Å². The van der Waals surface area contributed by atoms with Gasteiger partial charge >= 0.3 is 5.97 Å². The van der Waals surface area contributed by atoms with Crippen molar-refractivity contribution in [2.24, 2.45) is 5.73 Å². The van der Waals surface area contributed by atoms with E-state index in [1.165, 1.54) is 13.2 Å². The summed E-state index contributed by atoms with van der Waals surface area (Å²) < 4.78 is 16.0. The molecule has 3 N–H and O–H groups in total. The first-order chi connectivity index (χ1) is 14.7. The molecule has 3 rings (SSSR count). The lowest BCUT2D eigenvalue weighted by Crippen LogP contribution is -2.14. The Morgan fingerprint density at radius 3 is 2.58 bits per heavy atom. The van der Waals surface area contributed by atoms with Crippen molar-refractivity contribution in [1.82, 2.24) is 0 Å². The molecule has 2 aromatic heterocycles. The van der Waals surface area contributed by atoms with Crippen molar-refractivity contribution in [2.45, 2.75) is 20.5 Å². The topological polar surface area (TPSA) is 121 Å². The van der Waals surface area contributed by atoms with Gasteiger partial charge in [0.25, 0.3) is 11.8 Å². The molecule has 162 valence electrons. The highest BCUT2D eigenvalue weighted by atomic mass is 35.5. The van der Waals surface area contributed by atoms with E-state index in [1.54, 1.807) is 19.1 Å². The van der Waals surface area contributed by atoms with Gasteiger partial charge < -0.3 is 24.9 Å². The number of ether oxygens (including phenoxy) is 2. The van der Waals surface area contributed by atoms with Crippen molar-refractivity contribution in [3.8, 4) is 5.75 Å². The van der Waals surface area contributed by atoms with Crippen molar-refractivity contribution in [1.29, 1.82) is 0 Å². The number of rotatable bonds is 7. The average molecular weight is 463 g/mol. The first kappa shape index (κ1) is 22.4. The second kappa shape index (κ2) is 9.23. The number of benzene rings is 1. The molecule has 0 bridgehead atoms. The van der Waals surface area contributed by atoms with Crippen molar-refractivity contribution in [2.75, 3.05) is 12.4 Å². The van der Waals surface area contributed by atoms with Gasteiger partial charge in [0.05, 0.1) is 22.6 Å². The van der Waals surface area contributed by atoms with Crippen LogP contribution in [0.4, 0.5) is 5.00 Å². The summed E-state index contributed by atoms with van der Waals surface area (Å²) in [6.45, 7) is 3.48. The lowest BCUT2D eigenvalue weighted by molar-refractivity contribution is 0.0601. The quantitative estimate of drug-likeness (QED) is 0.504. The zero-order valence-electron chi connectivity index (χ0n) is 16.9. The standard InChI is InChI=1S/C21H19ClN2O6S/c1-10-5-4-6-13(22)16(10)29-9-12-7-8-14(30-12)19(26)24-20-15(21(27)28-3)11(2)17(31-20)18(23)25/h4-8H,9H2,1-3H3,(H2,23,25)(H,24,26). The van der Waals surface area contributed by atoms with E-state index in [-0.39, 0.29) is 27.8 Å². The first-order valence-electron chi connectivity index (χ1n) is 9.02. The summed E-state index contributed by atoms with van der Waals surface area (Å²) in [4.78, 5) is 36.5. The Morgan fingerprint density at radius 2 is 1.94 bits per heavy atom. The number of carbonyl (C=O) groups is 3. The van der Waals surface area contributed by atoms with Gasteiger partial charge in [-0.2, -0.15) is 0 Å². The number of furan rings is 1. The minimum Gasteiger partial charge on any atom is -0.484 e. The summed E-state index contributed by atoms with van der Waals surface area (Å²) in [6, 6.07) is 8.47. The normalized spacial score (nSPS) is 10.6. The molecule has 0 saturated carbocycles. The Bertz CT molecular complexity index is 1150. The van der Waals surface area contributed by atoms with Gasteiger partial charge in [-0.05, 0) is 43.2 Å². The zero-order valence-corrected chi connectivity index (χ0v) is 18.5. The lowest BCUT2D eigenvalue weighted by Gasteiger charge is -2.09. The van der Waals surface area contributed by atoms with Crippen molar-refractivity contribution in [3.63, 3.8) is 0 Å². The maximum absolute atomic E-state index is 12.6. The van der Waals surface area contributed by atoms with Crippen molar-refractivity contribution >= 4 is 45.7 Å². The molecule has 3 aromatic rings. The van der Waals surface area contributed by atoms with Gasteiger partial charge in [-0.25, -0.2) is 4.79 Å². The lowest BCUT2D eigenvalue weighted by atomic mass is 10.1. The van der Waals surface area contributed by atoms with Crippen LogP contribution in [0.25, 0.3) is 0 Å². The number of esters is 1. The van der Waals surface area contributed by atoms with Gasteiger partial charge in [0.2, 0.25) is 0 Å². The summed E-state index contributed by atoms with van der Waals surface area (Å²) in [6.07, 6.45) is 0. The molecule has 2 heterocycles. The highest BCUT2D eigenvalue weighted by molar-refractivity contribution is 7.18. The molecule has 0 radical (unpaired) electrons. The molecule has 0 aliphatic rings. The Balaban J connectivity index is 1.77. The highest BCUT2D eigenvalue weighted by Gasteiger charge is 2.26. The third kappa shape index (κ3) is 4.73. The van der Waals surface area contributed by atoms with Crippen LogP contribution in [0.2, 0.25) is 5.02 Å². The average Bonchev–Trinajstić information content (AvgIpc) is 3.32. The van der Waals surface area contributed by atoms with Crippen LogP contribution in [0.1, 0.15) is 47.5 Å². The van der Waals surface area contributed by atoms with Gasteiger partial charge in [-0.15, -0.1) is 11.3 Å². The minimum absolute atomic E-state index is 0.00280. The number of para-hydroxylation sites is 1. The van der Waals surface area contributed by atoms with Crippen molar-refractivity contribution < 1.29 is 28.3 Å². The number of nitrogens with two attached hydrogens (primary N) is 1. The number of nitrogens with one attached hydrogen (secondary N) is 1. The molecular formula is C21H19ClN2O6S. The molecule has 0 saturated heterocycles. The third-order valence-electron chi connectivity index (χ3n) is 4.40. The number of carbonyl (C=O) groups excluding carboxylic acids is 3. The van der Waals surface area contributed by atoms with Crippen LogP contribution < -0.4 is 15.8 Å². The molecule has 8 nitrogen and oxygen atoms in total. The molecule has 2 amide bonds. The zero-order chi connectivity index (χ0) is 22.7. The van der Waals surface area contributed by atoms with Gasteiger partial charge in [0, 0.05) is 0 Å². The van der Waals surface area contributed by atoms with Crippen LogP contribution >= 0.6 is 22.9 Å². The molecule has 0 unspecified atom stereocenters. The van der Waals surface area contributed by atoms with Crippen LogP contribution in [0.5, 0.6) is 5.75 Å². The molecular weight excluding hydrogens is 444 g/mol. The van der Waals surface area contributed by atoms with Gasteiger partial charge in [-0.1, -0.05) is 23.7 Å². The summed E-state index contributed by atoms with van der Waals surface area (Å²) in [5.41, 5.74) is 6.62. The van der Waals surface area contributed by atoms with E-state index < -0.39 is 17.8 Å². The van der Waals surface area contributed by atoms with E-state index in [4.69, 9.17) is 31.2 Å². The molecule has 0 atom stereocenters. The number of halogens is 1. The number of primary amides is 1. The van der Waals surface area contributed by atoms with Crippen LogP contribution in [-0.2, 0) is 11.3 Å². The van der Waals surface area contributed by atoms with E-state index in [9.17, 15) is 14.4 Å². The third-order valence-corrected chi connectivity index (χ3v) is 5.91. The number of aryl methyl sites for hydroxylation is 1. The predicted octanol–water partition coefficient (Wildman–Crippen LogP) is 4.33. The van der Waals surface area contributed by atoms with Gasteiger partial charge in [-0.3, -0.25) is 9.59 Å². The number of hydrogen-bond donors (Lipinski definition) is 2. The summed E-state index contributed by atoms with van der Waals surface area (Å²) in [5, 5.41) is 3.19. The Morgan fingerprint density at radius 1 is 1.19 bits per heavy atom. The van der Waals surface area contributed by atoms with E-state index in [2.05, 4.69) is 5.32 Å². The number of anilines is 1. The molecule has 10 heteroatoms. The summed E-state index contributed by atoms with van der Waals surface area (Å²) in [5.74, 6) is -1.08. The summed E-state index contributed by atoms with van der Waals surface area (Å²) >= 11 is 7.03. The molecule has 31 heavy (non-hydrogen) atoms. The highest BCUT2D eigenvalue weighted by Crippen LogP contribution is 2.34. The van der Waals surface area contributed by atoms with Crippen LogP contribution in [0.15, 0.2) is 34.7 Å². The monoisotopic (exact) mass is 462 g/mol. The Labute approximate surface area is 186 Å². The fraction of sp³-hybridized carbons (Fsp3) is 0.190. The largest absolute Gasteiger partial charge is 0.484 e. The Kier molecular flexibility index (Phi) is 6.67. The van der Waals surface area contributed by atoms with E-state index >= 15 is 0 Å². The maximum atomic E-state index is 12.6. The van der Waals surface area contributed by atoms with E-state index in [0.717, 1.165) is 16.9 Å². The molecule has 0 aliphatic heterocycles. The van der Waals surface area contributed by atoms with Crippen LogP contribution in [-0.4, -0.2) is 24.9 Å². The molecule has 0 fully saturated rings. The van der Waals surface area contributed by atoms with Crippen LogP contribution in [0.3, 0.4) is 0 Å². The predicted molar refractivity (Wildman–Crippen MR) is 116 cm³/mol. The fourth-order valence-electron chi connectivity index (χ4n) is 2.87. The fourth-order valence-corrected chi connectivity index (χ4v) is 4.19. The smallest absolute Gasteiger partial charge is 0.341 e. The van der Waals surface area contributed by atoms with E-state index in [1.807, 2.05) is 19.1 Å². The first-order valence-corrected chi connectivity index (χ1v) is 10.2. The number of hydrogen-bond acceptors (Lipinski definition) is 7. The second-order valence-corrected chi connectivity index (χ2v) is 7.94. The second-order valence-electron chi connectivity index (χ2n) is 6.51. The minimum atomic E-state index is -0.708. The van der Waals surface area contributed by atoms with Gasteiger partial charge in [0.1, 0.15) is 23.1 Å². The molecule has 0 aliphatic carbocycles. The molecule has 0 spiro atoms. The Hall–Kier alpha value is -3.30. The molecule has 1 aromatic carbocycles.